The number of anilines is 1. The third-order valence-corrected chi connectivity index (χ3v) is 5.63. The number of hydrogen-bond acceptors (Lipinski definition) is 3. The molecule has 0 spiro atoms. The predicted octanol–water partition coefficient (Wildman–Crippen LogP) is 2.00. The van der Waals surface area contributed by atoms with Crippen molar-refractivity contribution in [2.45, 2.75) is 11.7 Å². The van der Waals surface area contributed by atoms with Crippen LogP contribution >= 0.6 is 15.9 Å². The Bertz CT molecular complexity index is 835. The Labute approximate surface area is 130 Å². The van der Waals surface area contributed by atoms with E-state index in [-0.39, 0.29) is 18.9 Å². The monoisotopic (exact) mass is 368 g/mol. The standard InChI is InChI=1S/C14H13BrN2O3S/c15-12-5-1-4-11-10(12)3-2-6-13(11)17-8-9(7-14(17)18)21(16,19)20/h1-6,9H,7-8H2,(H2,16,19,20). The minimum Gasteiger partial charge on any atom is -0.310 e. The fraction of sp³-hybridized carbons (Fsp3) is 0.214. The van der Waals surface area contributed by atoms with Crippen LogP contribution in [0, 0.1) is 0 Å². The number of nitrogens with zero attached hydrogens (tertiary/aromatic N) is 1. The fourth-order valence-corrected chi connectivity index (χ4v) is 3.85. The van der Waals surface area contributed by atoms with E-state index >= 15 is 0 Å². The van der Waals surface area contributed by atoms with Gasteiger partial charge in [-0.25, -0.2) is 13.6 Å². The zero-order valence-corrected chi connectivity index (χ0v) is 13.4. The maximum absolute atomic E-state index is 12.2. The van der Waals surface area contributed by atoms with Crippen LogP contribution < -0.4 is 10.0 Å². The van der Waals surface area contributed by atoms with Gasteiger partial charge in [-0.2, -0.15) is 0 Å². The average Bonchev–Trinajstić information content (AvgIpc) is 2.81. The number of nitrogens with two attached hydrogens (primary N) is 1. The molecule has 1 saturated heterocycles. The largest absolute Gasteiger partial charge is 0.310 e. The molecule has 1 aliphatic heterocycles. The van der Waals surface area contributed by atoms with Crippen LogP contribution in [0.1, 0.15) is 6.42 Å². The molecule has 0 aliphatic carbocycles. The lowest BCUT2D eigenvalue weighted by Gasteiger charge is -2.19. The summed E-state index contributed by atoms with van der Waals surface area (Å²) in [6, 6.07) is 11.3. The molecule has 110 valence electrons. The molecule has 2 aromatic rings. The average molecular weight is 369 g/mol. The second-order valence-electron chi connectivity index (χ2n) is 5.03. The molecule has 0 aromatic heterocycles. The number of hydrogen-bond donors (Lipinski definition) is 1. The van der Waals surface area contributed by atoms with Gasteiger partial charge < -0.3 is 4.90 Å². The van der Waals surface area contributed by atoms with Crippen molar-refractivity contribution in [3.05, 3.63) is 40.9 Å². The molecule has 7 heteroatoms. The number of carbonyl (C=O) groups is 1. The van der Waals surface area contributed by atoms with Crippen LogP contribution in [0.15, 0.2) is 40.9 Å². The first-order valence-corrected chi connectivity index (χ1v) is 8.77. The molecule has 1 amide bonds. The summed E-state index contributed by atoms with van der Waals surface area (Å²) in [6.45, 7) is 0.100. The van der Waals surface area contributed by atoms with Gasteiger partial charge in [0, 0.05) is 22.8 Å². The first-order chi connectivity index (χ1) is 9.88. The van der Waals surface area contributed by atoms with E-state index in [0.717, 1.165) is 15.2 Å². The number of benzene rings is 2. The Morgan fingerprint density at radius 1 is 1.14 bits per heavy atom. The van der Waals surface area contributed by atoms with Gasteiger partial charge in [-0.05, 0) is 17.5 Å². The highest BCUT2D eigenvalue weighted by atomic mass is 79.9. The van der Waals surface area contributed by atoms with Crippen LogP contribution in [-0.4, -0.2) is 26.1 Å². The van der Waals surface area contributed by atoms with E-state index in [2.05, 4.69) is 15.9 Å². The Hall–Kier alpha value is -1.44. The van der Waals surface area contributed by atoms with Gasteiger partial charge in [0.25, 0.3) is 0 Å². The van der Waals surface area contributed by atoms with E-state index in [9.17, 15) is 13.2 Å². The summed E-state index contributed by atoms with van der Waals surface area (Å²) in [7, 11) is -3.71. The van der Waals surface area contributed by atoms with Gasteiger partial charge in [0.1, 0.15) is 5.25 Å². The van der Waals surface area contributed by atoms with Crippen LogP contribution in [-0.2, 0) is 14.8 Å². The Morgan fingerprint density at radius 2 is 1.81 bits per heavy atom. The lowest BCUT2D eigenvalue weighted by atomic mass is 10.1. The summed E-state index contributed by atoms with van der Waals surface area (Å²) in [4.78, 5) is 13.7. The number of amides is 1. The quantitative estimate of drug-likeness (QED) is 0.879. The molecule has 21 heavy (non-hydrogen) atoms. The summed E-state index contributed by atoms with van der Waals surface area (Å²) in [6.07, 6.45) is -0.0662. The molecule has 0 bridgehead atoms. The zero-order chi connectivity index (χ0) is 15.2. The summed E-state index contributed by atoms with van der Waals surface area (Å²) < 4.78 is 23.9. The van der Waals surface area contributed by atoms with Crippen molar-refractivity contribution in [1.29, 1.82) is 0 Å². The van der Waals surface area contributed by atoms with Crippen molar-refractivity contribution in [3.63, 3.8) is 0 Å². The van der Waals surface area contributed by atoms with Crippen molar-refractivity contribution in [1.82, 2.24) is 0 Å². The van der Waals surface area contributed by atoms with Crippen molar-refractivity contribution >= 4 is 48.3 Å². The molecule has 1 atom stereocenters. The summed E-state index contributed by atoms with van der Waals surface area (Å²) in [5.41, 5.74) is 0.713. The predicted molar refractivity (Wildman–Crippen MR) is 85.5 cm³/mol. The number of rotatable bonds is 2. The van der Waals surface area contributed by atoms with Crippen LogP contribution in [0.3, 0.4) is 0 Å². The second kappa shape index (κ2) is 5.08. The molecule has 3 rings (SSSR count). The second-order valence-corrected chi connectivity index (χ2v) is 7.73. The smallest absolute Gasteiger partial charge is 0.228 e. The maximum Gasteiger partial charge on any atom is 0.228 e. The highest BCUT2D eigenvalue weighted by molar-refractivity contribution is 9.10. The van der Waals surface area contributed by atoms with E-state index < -0.39 is 15.3 Å². The van der Waals surface area contributed by atoms with E-state index in [1.54, 1.807) is 0 Å². The topological polar surface area (TPSA) is 80.5 Å². The minimum absolute atomic E-state index is 0.0662. The molecule has 5 nitrogen and oxygen atoms in total. The molecule has 2 N–H and O–H groups in total. The summed E-state index contributed by atoms with van der Waals surface area (Å²) in [5.74, 6) is -0.221. The van der Waals surface area contributed by atoms with Crippen LogP contribution in [0.2, 0.25) is 0 Å². The van der Waals surface area contributed by atoms with Crippen molar-refractivity contribution in [2.24, 2.45) is 5.14 Å². The normalized spacial score (nSPS) is 19.4. The third kappa shape index (κ3) is 2.56. The molecular weight excluding hydrogens is 356 g/mol. The van der Waals surface area contributed by atoms with Gasteiger partial charge in [0.05, 0.1) is 5.69 Å². The van der Waals surface area contributed by atoms with Gasteiger partial charge >= 0.3 is 0 Å². The molecule has 0 radical (unpaired) electrons. The number of halogens is 1. The van der Waals surface area contributed by atoms with Crippen LogP contribution in [0.25, 0.3) is 10.8 Å². The lowest BCUT2D eigenvalue weighted by Crippen LogP contribution is -2.32. The fourth-order valence-electron chi connectivity index (χ4n) is 2.62. The van der Waals surface area contributed by atoms with E-state index in [4.69, 9.17) is 5.14 Å². The van der Waals surface area contributed by atoms with Gasteiger partial charge in [-0.15, -0.1) is 0 Å². The first kappa shape index (κ1) is 14.5. The molecule has 1 fully saturated rings. The maximum atomic E-state index is 12.2. The number of fused-ring (bicyclic) bond motifs is 1. The van der Waals surface area contributed by atoms with Crippen molar-refractivity contribution in [2.75, 3.05) is 11.4 Å². The molecule has 1 aliphatic rings. The number of carbonyl (C=O) groups excluding carboxylic acids is 1. The Balaban J connectivity index is 2.10. The molecule has 1 unspecified atom stereocenters. The van der Waals surface area contributed by atoms with Crippen molar-refractivity contribution in [3.8, 4) is 0 Å². The van der Waals surface area contributed by atoms with E-state index in [1.807, 2.05) is 36.4 Å². The molecule has 2 aromatic carbocycles. The number of primary sulfonamides is 1. The van der Waals surface area contributed by atoms with Gasteiger partial charge in [-0.1, -0.05) is 40.2 Å². The first-order valence-electron chi connectivity index (χ1n) is 6.37. The summed E-state index contributed by atoms with van der Waals surface area (Å²) >= 11 is 3.48. The van der Waals surface area contributed by atoms with Crippen LogP contribution in [0.5, 0.6) is 0 Å². The number of sulfonamides is 1. The van der Waals surface area contributed by atoms with Crippen LogP contribution in [0.4, 0.5) is 5.69 Å². The third-order valence-electron chi connectivity index (χ3n) is 3.69. The lowest BCUT2D eigenvalue weighted by molar-refractivity contribution is -0.117. The van der Waals surface area contributed by atoms with E-state index in [0.29, 0.717) is 5.69 Å². The van der Waals surface area contributed by atoms with Gasteiger partial charge in [0.2, 0.25) is 15.9 Å². The molecule has 1 heterocycles. The highest BCUT2D eigenvalue weighted by Crippen LogP contribution is 2.34. The van der Waals surface area contributed by atoms with Gasteiger partial charge in [-0.3, -0.25) is 4.79 Å². The molecule has 0 saturated carbocycles. The SMILES string of the molecule is NS(=O)(=O)C1CC(=O)N(c2cccc3c(Br)cccc23)C1. The highest BCUT2D eigenvalue weighted by Gasteiger charge is 2.37. The molecular formula is C14H13BrN2O3S. The zero-order valence-electron chi connectivity index (χ0n) is 11.0. The van der Waals surface area contributed by atoms with Gasteiger partial charge in [0.15, 0.2) is 0 Å². The summed E-state index contributed by atoms with van der Waals surface area (Å²) in [5, 5.41) is 6.20. The Morgan fingerprint density at radius 3 is 2.48 bits per heavy atom. The Kier molecular flexibility index (Phi) is 3.51. The van der Waals surface area contributed by atoms with Crippen molar-refractivity contribution < 1.29 is 13.2 Å². The van der Waals surface area contributed by atoms with E-state index in [1.165, 1.54) is 4.90 Å². The minimum atomic E-state index is -3.71.